The number of aromatic hydroxyl groups is 1. The van der Waals surface area contributed by atoms with Gasteiger partial charge in [0.1, 0.15) is 5.75 Å². The van der Waals surface area contributed by atoms with Gasteiger partial charge in [0.15, 0.2) is 0 Å². The Morgan fingerprint density at radius 3 is 2.42 bits per heavy atom. The molecular formula is C27H33N3O3. The van der Waals surface area contributed by atoms with Gasteiger partial charge in [0.05, 0.1) is 11.8 Å². The topological polar surface area (TPSA) is 72.9 Å². The molecule has 0 unspecified atom stereocenters. The highest BCUT2D eigenvalue weighted by molar-refractivity contribution is 5.93. The van der Waals surface area contributed by atoms with E-state index in [1.165, 1.54) is 17.5 Å². The summed E-state index contributed by atoms with van der Waals surface area (Å²) in [7, 11) is 0. The van der Waals surface area contributed by atoms with Crippen LogP contribution in [0.4, 0.5) is 5.69 Å². The predicted octanol–water partition coefficient (Wildman–Crippen LogP) is 3.58. The molecule has 33 heavy (non-hydrogen) atoms. The van der Waals surface area contributed by atoms with Gasteiger partial charge < -0.3 is 15.3 Å². The van der Waals surface area contributed by atoms with Gasteiger partial charge in [-0.3, -0.25) is 14.5 Å². The maximum atomic E-state index is 13.3. The van der Waals surface area contributed by atoms with E-state index in [9.17, 15) is 14.7 Å². The van der Waals surface area contributed by atoms with Gasteiger partial charge in [-0.15, -0.1) is 0 Å². The highest BCUT2D eigenvalue weighted by Gasteiger charge is 2.37. The Bertz CT molecular complexity index is 1010. The third kappa shape index (κ3) is 5.06. The molecule has 1 aliphatic carbocycles. The van der Waals surface area contributed by atoms with Crippen LogP contribution in [0.15, 0.2) is 42.5 Å². The Labute approximate surface area is 195 Å². The van der Waals surface area contributed by atoms with Crippen LogP contribution in [0.5, 0.6) is 5.75 Å². The largest absolute Gasteiger partial charge is 0.508 e. The number of hydrogen-bond acceptors (Lipinski definition) is 4. The molecule has 2 amide bonds. The van der Waals surface area contributed by atoms with Crippen molar-refractivity contribution in [3.8, 4) is 5.75 Å². The highest BCUT2D eigenvalue weighted by atomic mass is 16.3. The molecule has 3 aliphatic rings. The van der Waals surface area contributed by atoms with E-state index in [0.29, 0.717) is 26.1 Å². The number of nitrogens with zero attached hydrogens (tertiary/aromatic N) is 2. The number of likely N-dealkylation sites (tertiary alicyclic amines) is 2. The molecule has 2 aliphatic heterocycles. The molecule has 0 aromatic heterocycles. The van der Waals surface area contributed by atoms with Crippen molar-refractivity contribution < 1.29 is 14.7 Å². The minimum Gasteiger partial charge on any atom is -0.508 e. The lowest BCUT2D eigenvalue weighted by atomic mass is 9.87. The lowest BCUT2D eigenvalue weighted by Crippen LogP contribution is -2.49. The molecule has 2 aromatic rings. The van der Waals surface area contributed by atoms with Gasteiger partial charge in [-0.2, -0.15) is 0 Å². The first-order valence-electron chi connectivity index (χ1n) is 12.3. The van der Waals surface area contributed by atoms with Gasteiger partial charge in [0.2, 0.25) is 11.8 Å². The maximum Gasteiger partial charge on any atom is 0.228 e. The van der Waals surface area contributed by atoms with Crippen molar-refractivity contribution >= 4 is 17.5 Å². The fourth-order valence-electron chi connectivity index (χ4n) is 5.64. The number of carbonyl (C=O) groups is 2. The summed E-state index contributed by atoms with van der Waals surface area (Å²) in [5, 5.41) is 12.7. The predicted molar refractivity (Wildman–Crippen MR) is 128 cm³/mol. The standard InChI is InChI=1S/C27H33N3O3/c31-25-10-6-19(7-11-25)16-29-17-22(14-23(18-29)27(33)30-12-1-2-13-30)26(32)28-24-9-8-20-4-3-5-21(20)15-24/h6-11,15,22-23,31H,1-5,12-14,16-18H2,(H,28,32)/t22-,23+/m1/s1. The van der Waals surface area contributed by atoms with E-state index in [-0.39, 0.29) is 29.4 Å². The van der Waals surface area contributed by atoms with Crippen molar-refractivity contribution in [2.75, 3.05) is 31.5 Å². The van der Waals surface area contributed by atoms with E-state index in [2.05, 4.69) is 22.3 Å². The number of nitrogens with one attached hydrogen (secondary N) is 1. The van der Waals surface area contributed by atoms with Gasteiger partial charge >= 0.3 is 0 Å². The third-order valence-electron chi connectivity index (χ3n) is 7.37. The van der Waals surface area contributed by atoms with Crippen LogP contribution < -0.4 is 5.32 Å². The van der Waals surface area contributed by atoms with Crippen LogP contribution in [0.3, 0.4) is 0 Å². The van der Waals surface area contributed by atoms with E-state index >= 15 is 0 Å². The molecule has 174 valence electrons. The van der Waals surface area contributed by atoms with Crippen LogP contribution >= 0.6 is 0 Å². The molecular weight excluding hydrogens is 414 g/mol. The van der Waals surface area contributed by atoms with Gasteiger partial charge in [0.25, 0.3) is 0 Å². The zero-order chi connectivity index (χ0) is 22.8. The maximum absolute atomic E-state index is 13.3. The van der Waals surface area contributed by atoms with Crippen molar-refractivity contribution in [1.82, 2.24) is 9.80 Å². The number of fused-ring (bicyclic) bond motifs is 1. The first kappa shape index (κ1) is 22.0. The smallest absolute Gasteiger partial charge is 0.228 e. The van der Waals surface area contributed by atoms with Crippen LogP contribution in [-0.4, -0.2) is 52.9 Å². The molecule has 0 saturated carbocycles. The molecule has 2 atom stereocenters. The fourth-order valence-corrected chi connectivity index (χ4v) is 5.64. The minimum atomic E-state index is -0.235. The second-order valence-electron chi connectivity index (χ2n) is 9.85. The fraction of sp³-hybridized carbons (Fsp3) is 0.481. The van der Waals surface area contributed by atoms with Crippen molar-refractivity contribution in [1.29, 1.82) is 0 Å². The SMILES string of the molecule is O=C(Nc1ccc2c(c1)CCC2)[C@@H]1C[C@H](C(=O)N2CCCC2)CN(Cc2ccc(O)cc2)C1. The second-order valence-corrected chi connectivity index (χ2v) is 9.85. The summed E-state index contributed by atoms with van der Waals surface area (Å²) in [6.45, 7) is 3.62. The van der Waals surface area contributed by atoms with E-state index in [1.54, 1.807) is 12.1 Å². The highest BCUT2D eigenvalue weighted by Crippen LogP contribution is 2.29. The molecule has 2 N–H and O–H groups in total. The molecule has 2 fully saturated rings. The van der Waals surface area contributed by atoms with Crippen LogP contribution in [0, 0.1) is 11.8 Å². The molecule has 2 heterocycles. The molecule has 2 saturated heterocycles. The first-order valence-corrected chi connectivity index (χ1v) is 12.3. The van der Waals surface area contributed by atoms with E-state index in [0.717, 1.165) is 50.0 Å². The summed E-state index contributed by atoms with van der Waals surface area (Å²) in [5.41, 5.74) is 4.66. The van der Waals surface area contributed by atoms with Crippen molar-refractivity contribution in [2.45, 2.75) is 45.1 Å². The van der Waals surface area contributed by atoms with Gasteiger partial charge in [0, 0.05) is 38.4 Å². The average molecular weight is 448 g/mol. The summed E-state index contributed by atoms with van der Waals surface area (Å²) in [6, 6.07) is 13.4. The normalized spacial score (nSPS) is 22.8. The molecule has 2 aromatic carbocycles. The second kappa shape index (κ2) is 9.56. The average Bonchev–Trinajstić information content (AvgIpc) is 3.52. The molecule has 0 radical (unpaired) electrons. The minimum absolute atomic E-state index is 0.00238. The van der Waals surface area contributed by atoms with Gasteiger partial charge in [-0.05, 0) is 79.5 Å². The lowest BCUT2D eigenvalue weighted by Gasteiger charge is -2.38. The summed E-state index contributed by atoms with van der Waals surface area (Å²) in [6.07, 6.45) is 6.11. The molecule has 6 nitrogen and oxygen atoms in total. The Kier molecular flexibility index (Phi) is 6.36. The van der Waals surface area contributed by atoms with Crippen LogP contribution in [0.25, 0.3) is 0 Å². The zero-order valence-corrected chi connectivity index (χ0v) is 19.1. The van der Waals surface area contributed by atoms with Crippen LogP contribution in [0.1, 0.15) is 42.4 Å². The number of piperidine rings is 1. The Hall–Kier alpha value is -2.86. The van der Waals surface area contributed by atoms with Crippen molar-refractivity contribution in [3.05, 3.63) is 59.2 Å². The molecule has 0 bridgehead atoms. The summed E-state index contributed by atoms with van der Waals surface area (Å²) in [5.74, 6) is 0.0392. The number of amides is 2. The van der Waals surface area contributed by atoms with Crippen molar-refractivity contribution in [2.24, 2.45) is 11.8 Å². The zero-order valence-electron chi connectivity index (χ0n) is 19.1. The van der Waals surface area contributed by atoms with Gasteiger partial charge in [-0.1, -0.05) is 18.2 Å². The number of phenols is 1. The number of anilines is 1. The number of carbonyl (C=O) groups excluding carboxylic acids is 2. The Morgan fingerprint density at radius 1 is 0.909 bits per heavy atom. The van der Waals surface area contributed by atoms with Crippen LogP contribution in [0.2, 0.25) is 0 Å². The number of benzene rings is 2. The van der Waals surface area contributed by atoms with Crippen LogP contribution in [-0.2, 0) is 29.0 Å². The first-order chi connectivity index (χ1) is 16.0. The number of rotatable bonds is 5. The molecule has 0 spiro atoms. The monoisotopic (exact) mass is 447 g/mol. The Morgan fingerprint density at radius 2 is 1.64 bits per heavy atom. The number of phenolic OH excluding ortho intramolecular Hbond substituents is 1. The quantitative estimate of drug-likeness (QED) is 0.735. The molecule has 5 rings (SSSR count). The van der Waals surface area contributed by atoms with Gasteiger partial charge in [-0.25, -0.2) is 0 Å². The summed E-state index contributed by atoms with van der Waals surface area (Å²) >= 11 is 0. The van der Waals surface area contributed by atoms with E-state index < -0.39 is 0 Å². The Balaban J connectivity index is 1.31. The summed E-state index contributed by atoms with van der Waals surface area (Å²) in [4.78, 5) is 30.7. The number of hydrogen-bond donors (Lipinski definition) is 2. The molecule has 6 heteroatoms. The summed E-state index contributed by atoms with van der Waals surface area (Å²) < 4.78 is 0. The van der Waals surface area contributed by atoms with Crippen molar-refractivity contribution in [3.63, 3.8) is 0 Å². The lowest BCUT2D eigenvalue weighted by molar-refractivity contribution is -0.138. The third-order valence-corrected chi connectivity index (χ3v) is 7.37. The van der Waals surface area contributed by atoms with E-state index in [4.69, 9.17) is 0 Å². The number of aryl methyl sites for hydroxylation is 2. The van der Waals surface area contributed by atoms with E-state index in [1.807, 2.05) is 23.1 Å².